The van der Waals surface area contributed by atoms with Crippen molar-refractivity contribution in [3.8, 4) is 0 Å². The van der Waals surface area contributed by atoms with E-state index in [-0.39, 0.29) is 17.4 Å². The Morgan fingerprint density at radius 2 is 1.58 bits per heavy atom. The van der Waals surface area contributed by atoms with Gasteiger partial charge in [-0.15, -0.1) is 0 Å². The molecule has 3 aliphatic carbocycles. The molecule has 0 amide bonds. The Morgan fingerprint density at radius 1 is 0.962 bits per heavy atom. The molecule has 4 nitrogen and oxygen atoms in total. The van der Waals surface area contributed by atoms with Gasteiger partial charge in [0.25, 0.3) is 0 Å². The van der Waals surface area contributed by atoms with Crippen LogP contribution in [0.1, 0.15) is 73.6 Å². The monoisotopic (exact) mass is 364 g/mol. The van der Waals surface area contributed by atoms with Gasteiger partial charge in [-0.05, 0) is 61.7 Å². The van der Waals surface area contributed by atoms with Crippen LogP contribution in [0.2, 0.25) is 0 Å². The van der Waals surface area contributed by atoms with Crippen molar-refractivity contribution < 1.29 is 19.1 Å². The van der Waals surface area contributed by atoms with Crippen LogP contribution in [0.4, 0.5) is 0 Å². The van der Waals surface area contributed by atoms with Gasteiger partial charge in [0.2, 0.25) is 0 Å². The average molecular weight is 365 g/mol. The molecule has 3 saturated carbocycles. The molecule has 26 heavy (non-hydrogen) atoms. The number of rotatable bonds is 4. The third-order valence-electron chi connectivity index (χ3n) is 8.80. The van der Waals surface area contributed by atoms with Crippen LogP contribution in [-0.2, 0) is 19.1 Å². The molecular weight excluding hydrogens is 328 g/mol. The van der Waals surface area contributed by atoms with E-state index in [1.165, 1.54) is 26.4 Å². The number of ether oxygens (including phenoxy) is 2. The summed E-state index contributed by atoms with van der Waals surface area (Å²) in [5, 5.41) is 0. The predicted molar refractivity (Wildman–Crippen MR) is 100 cm³/mol. The molecule has 0 aromatic heterocycles. The molecule has 0 heterocycles. The minimum Gasteiger partial charge on any atom is -0.469 e. The summed E-state index contributed by atoms with van der Waals surface area (Å²) in [5.74, 6) is 0.312. The van der Waals surface area contributed by atoms with Gasteiger partial charge >= 0.3 is 11.9 Å². The summed E-state index contributed by atoms with van der Waals surface area (Å²) >= 11 is 0. The van der Waals surface area contributed by atoms with Crippen LogP contribution >= 0.6 is 0 Å². The maximum absolute atomic E-state index is 12.8. The van der Waals surface area contributed by atoms with Gasteiger partial charge in [0.05, 0.1) is 18.9 Å². The Morgan fingerprint density at radius 3 is 2.19 bits per heavy atom. The molecule has 1 spiro atoms. The summed E-state index contributed by atoms with van der Waals surface area (Å²) in [5.41, 5.74) is 0.207. The quantitative estimate of drug-likeness (QED) is 0.684. The number of hydrogen-bond acceptors (Lipinski definition) is 4. The van der Waals surface area contributed by atoms with Crippen LogP contribution in [0.3, 0.4) is 0 Å². The first-order chi connectivity index (χ1) is 12.0. The van der Waals surface area contributed by atoms with Crippen molar-refractivity contribution in [2.24, 2.45) is 40.4 Å². The molecule has 4 unspecified atom stereocenters. The van der Waals surface area contributed by atoms with E-state index in [9.17, 15) is 9.59 Å². The van der Waals surface area contributed by atoms with Crippen molar-refractivity contribution in [3.63, 3.8) is 0 Å². The van der Waals surface area contributed by atoms with Crippen molar-refractivity contribution in [1.29, 1.82) is 0 Å². The summed E-state index contributed by atoms with van der Waals surface area (Å²) in [6, 6.07) is 0. The number of methoxy groups -OCH3 is 1. The standard InChI is InChI=1S/C22H36O4/c1-13-8-9-16-20(4,5)17-12-22(13,16)11-10-21(17,6)26-19(24)15(3)14(2)18(23)25-7/h13-17H,8-12H2,1-7H3/t13?,14?,15?,16?,17-,21+,22-/m0/s1. The van der Waals surface area contributed by atoms with E-state index >= 15 is 0 Å². The fourth-order valence-electron chi connectivity index (χ4n) is 6.90. The van der Waals surface area contributed by atoms with Crippen molar-refractivity contribution in [2.75, 3.05) is 7.11 Å². The van der Waals surface area contributed by atoms with E-state index in [1.807, 2.05) is 0 Å². The van der Waals surface area contributed by atoms with Crippen molar-refractivity contribution >= 4 is 11.9 Å². The number of hydrogen-bond donors (Lipinski definition) is 0. The first-order valence-electron chi connectivity index (χ1n) is 10.3. The van der Waals surface area contributed by atoms with Crippen molar-refractivity contribution in [2.45, 2.75) is 79.2 Å². The Bertz CT molecular complexity index is 597. The fraction of sp³-hybridized carbons (Fsp3) is 0.909. The number of carbonyl (C=O) groups is 2. The number of esters is 2. The maximum Gasteiger partial charge on any atom is 0.310 e. The molecule has 0 aromatic carbocycles. The fourth-order valence-corrected chi connectivity index (χ4v) is 6.90. The molecule has 0 radical (unpaired) electrons. The van der Waals surface area contributed by atoms with Crippen LogP contribution < -0.4 is 0 Å². The maximum atomic E-state index is 12.8. The van der Waals surface area contributed by atoms with Gasteiger partial charge in [0.1, 0.15) is 5.60 Å². The summed E-state index contributed by atoms with van der Waals surface area (Å²) < 4.78 is 11.0. The highest BCUT2D eigenvalue weighted by molar-refractivity contribution is 5.81. The summed E-state index contributed by atoms with van der Waals surface area (Å²) in [6.45, 7) is 12.8. The highest BCUT2D eigenvalue weighted by atomic mass is 16.6. The zero-order chi connectivity index (χ0) is 19.5. The van der Waals surface area contributed by atoms with Gasteiger partial charge in [0.15, 0.2) is 0 Å². The van der Waals surface area contributed by atoms with Crippen LogP contribution in [0, 0.1) is 40.4 Å². The minimum atomic E-state index is -0.488. The van der Waals surface area contributed by atoms with Crippen molar-refractivity contribution in [3.05, 3.63) is 0 Å². The largest absolute Gasteiger partial charge is 0.469 e. The molecule has 0 aromatic rings. The second-order valence-corrected chi connectivity index (χ2v) is 10.2. The van der Waals surface area contributed by atoms with Crippen LogP contribution in [0.5, 0.6) is 0 Å². The lowest BCUT2D eigenvalue weighted by Crippen LogP contribution is -2.48. The Hall–Kier alpha value is -1.06. The molecule has 3 fully saturated rings. The Labute approximate surface area is 158 Å². The zero-order valence-electron chi connectivity index (χ0n) is 17.6. The summed E-state index contributed by atoms with van der Waals surface area (Å²) in [4.78, 5) is 24.6. The first kappa shape index (κ1) is 19.7. The zero-order valence-corrected chi connectivity index (χ0v) is 17.6. The predicted octanol–water partition coefficient (Wildman–Crippen LogP) is 4.61. The van der Waals surface area contributed by atoms with Crippen LogP contribution in [-0.4, -0.2) is 24.6 Å². The van der Waals surface area contributed by atoms with E-state index in [0.29, 0.717) is 11.3 Å². The Balaban J connectivity index is 1.79. The molecule has 148 valence electrons. The van der Waals surface area contributed by atoms with Gasteiger partial charge in [-0.3, -0.25) is 9.59 Å². The van der Waals surface area contributed by atoms with E-state index < -0.39 is 17.4 Å². The minimum absolute atomic E-state index is 0.188. The molecule has 4 heteroatoms. The van der Waals surface area contributed by atoms with Gasteiger partial charge in [0, 0.05) is 5.92 Å². The number of fused-ring (bicyclic) bond motifs is 1. The van der Waals surface area contributed by atoms with E-state index in [0.717, 1.165) is 24.7 Å². The van der Waals surface area contributed by atoms with Gasteiger partial charge in [-0.2, -0.15) is 0 Å². The Kier molecular flexibility index (Phi) is 4.73. The van der Waals surface area contributed by atoms with Gasteiger partial charge < -0.3 is 9.47 Å². The molecule has 3 aliphatic rings. The molecule has 0 N–H and O–H groups in total. The van der Waals surface area contributed by atoms with Crippen molar-refractivity contribution in [1.82, 2.24) is 0 Å². The first-order valence-corrected chi connectivity index (χ1v) is 10.3. The second kappa shape index (κ2) is 6.24. The summed E-state index contributed by atoms with van der Waals surface area (Å²) in [6.07, 6.45) is 5.92. The molecule has 0 aliphatic heterocycles. The van der Waals surface area contributed by atoms with E-state index in [4.69, 9.17) is 9.47 Å². The molecule has 0 saturated heterocycles. The third kappa shape index (κ3) is 2.62. The molecule has 3 rings (SSSR count). The van der Waals surface area contributed by atoms with Crippen LogP contribution in [0.25, 0.3) is 0 Å². The van der Waals surface area contributed by atoms with Gasteiger partial charge in [-0.25, -0.2) is 0 Å². The lowest BCUT2D eigenvalue weighted by atomic mass is 9.64. The highest BCUT2D eigenvalue weighted by Gasteiger charge is 2.69. The molecule has 2 bridgehead atoms. The molecule has 7 atom stereocenters. The topological polar surface area (TPSA) is 52.6 Å². The second-order valence-electron chi connectivity index (χ2n) is 10.2. The molecular formula is C22H36O4. The normalized spacial score (nSPS) is 42.7. The van der Waals surface area contributed by atoms with E-state index in [1.54, 1.807) is 13.8 Å². The average Bonchev–Trinajstić information content (AvgIpc) is 3.01. The SMILES string of the molecule is COC(=O)C(C)C(C)C(=O)O[C@]1(C)CC[C@@]23C[C@H]1C(C)(C)C2CCC3C. The third-order valence-corrected chi connectivity index (χ3v) is 8.80. The van der Waals surface area contributed by atoms with E-state index in [2.05, 4.69) is 27.7 Å². The lowest BCUT2D eigenvalue weighted by molar-refractivity contribution is -0.182. The van der Waals surface area contributed by atoms with Gasteiger partial charge in [-0.1, -0.05) is 34.6 Å². The van der Waals surface area contributed by atoms with Crippen LogP contribution in [0.15, 0.2) is 0 Å². The highest BCUT2D eigenvalue weighted by Crippen LogP contribution is 2.73. The smallest absolute Gasteiger partial charge is 0.310 e. The number of carbonyl (C=O) groups excluding carboxylic acids is 2. The lowest BCUT2D eigenvalue weighted by Gasteiger charge is -2.47. The summed E-state index contributed by atoms with van der Waals surface area (Å²) in [7, 11) is 1.36.